The molecule has 5 nitrogen and oxygen atoms in total. The summed E-state index contributed by atoms with van der Waals surface area (Å²) >= 11 is 0. The summed E-state index contributed by atoms with van der Waals surface area (Å²) in [6, 6.07) is 5.61. The first kappa shape index (κ1) is 14.5. The van der Waals surface area contributed by atoms with Crippen LogP contribution in [0.25, 0.3) is 0 Å². The Morgan fingerprint density at radius 3 is 2.37 bits per heavy atom. The molecule has 1 aromatic carbocycles. The van der Waals surface area contributed by atoms with Gasteiger partial charge in [-0.15, -0.1) is 0 Å². The predicted octanol–water partition coefficient (Wildman–Crippen LogP) is 1.75. The number of benzene rings is 1. The van der Waals surface area contributed by atoms with Crippen molar-refractivity contribution < 1.29 is 19.4 Å². The van der Waals surface area contributed by atoms with Crippen molar-refractivity contribution in [1.29, 1.82) is 0 Å². The molecule has 0 atom stereocenters. The zero-order valence-corrected chi connectivity index (χ0v) is 10.6. The smallest absolute Gasteiger partial charge is 0.343 e. The molecule has 19 heavy (non-hydrogen) atoms. The first-order valence-corrected chi connectivity index (χ1v) is 5.53. The van der Waals surface area contributed by atoms with Crippen LogP contribution in [0.4, 0.5) is 0 Å². The normalized spacial score (nSPS) is 9.53. The van der Waals surface area contributed by atoms with E-state index in [9.17, 15) is 9.59 Å². The summed E-state index contributed by atoms with van der Waals surface area (Å²) in [5.41, 5.74) is 0.642. The van der Waals surface area contributed by atoms with Gasteiger partial charge >= 0.3 is 5.97 Å². The molecule has 2 N–H and O–H groups in total. The van der Waals surface area contributed by atoms with Gasteiger partial charge in [-0.1, -0.05) is 13.2 Å². The van der Waals surface area contributed by atoms with Crippen LogP contribution in [-0.4, -0.2) is 23.5 Å². The second kappa shape index (κ2) is 6.39. The van der Waals surface area contributed by atoms with Crippen molar-refractivity contribution in [2.24, 2.45) is 0 Å². The Balaban J connectivity index is 2.48. The van der Waals surface area contributed by atoms with Gasteiger partial charge in [0.15, 0.2) is 0 Å². The largest absolute Gasteiger partial charge is 0.508 e. The van der Waals surface area contributed by atoms with Gasteiger partial charge in [0.2, 0.25) is 5.91 Å². The summed E-state index contributed by atoms with van der Waals surface area (Å²) in [7, 11) is 0. The standard InChI is InChI=1S/C14H15NO4/c1-9(2)13(17)15-8-10(3)19-14(18)11-4-6-12(16)7-5-11/h4-7,16H,1,3,8H2,2H3,(H,15,17). The molecule has 0 radical (unpaired) electrons. The van der Waals surface area contributed by atoms with Gasteiger partial charge in [0, 0.05) is 5.57 Å². The van der Waals surface area contributed by atoms with Crippen LogP contribution in [0, 0.1) is 0 Å². The molecule has 100 valence electrons. The number of phenolic OH excluding ortho intramolecular Hbond substituents is 1. The summed E-state index contributed by atoms with van der Waals surface area (Å²) in [6.07, 6.45) is 0. The Morgan fingerprint density at radius 1 is 1.26 bits per heavy atom. The van der Waals surface area contributed by atoms with Crippen LogP contribution in [0.1, 0.15) is 17.3 Å². The summed E-state index contributed by atoms with van der Waals surface area (Å²) in [4.78, 5) is 22.9. The van der Waals surface area contributed by atoms with E-state index in [0.717, 1.165) is 0 Å². The van der Waals surface area contributed by atoms with E-state index in [2.05, 4.69) is 18.5 Å². The SMILES string of the molecule is C=C(CNC(=O)C(=C)C)OC(=O)c1ccc(O)cc1. The number of amides is 1. The maximum Gasteiger partial charge on any atom is 0.343 e. The van der Waals surface area contributed by atoms with Crippen molar-refractivity contribution in [2.75, 3.05) is 6.54 Å². The molecule has 0 fully saturated rings. The van der Waals surface area contributed by atoms with Crippen molar-refractivity contribution >= 4 is 11.9 Å². The first-order chi connectivity index (χ1) is 8.90. The Bertz CT molecular complexity index is 517. The number of esters is 1. The highest BCUT2D eigenvalue weighted by molar-refractivity contribution is 5.92. The van der Waals surface area contributed by atoms with E-state index in [1.54, 1.807) is 6.92 Å². The molecular weight excluding hydrogens is 246 g/mol. The molecule has 1 rings (SSSR count). The second-order valence-electron chi connectivity index (χ2n) is 3.94. The third-order valence-electron chi connectivity index (χ3n) is 2.17. The first-order valence-electron chi connectivity index (χ1n) is 5.53. The molecule has 0 aliphatic carbocycles. The predicted molar refractivity (Wildman–Crippen MR) is 70.5 cm³/mol. The van der Waals surface area contributed by atoms with E-state index in [1.807, 2.05) is 0 Å². The average molecular weight is 261 g/mol. The lowest BCUT2D eigenvalue weighted by molar-refractivity contribution is -0.117. The molecule has 5 heteroatoms. The minimum atomic E-state index is -0.602. The molecule has 0 saturated carbocycles. The molecule has 1 aromatic rings. The van der Waals surface area contributed by atoms with Crippen LogP contribution < -0.4 is 5.32 Å². The van der Waals surface area contributed by atoms with Crippen molar-refractivity contribution in [3.63, 3.8) is 0 Å². The van der Waals surface area contributed by atoms with Crippen molar-refractivity contribution in [3.8, 4) is 5.75 Å². The Kier molecular flexibility index (Phi) is 4.88. The number of ether oxygens (including phenoxy) is 1. The van der Waals surface area contributed by atoms with E-state index in [0.29, 0.717) is 5.57 Å². The molecule has 0 aromatic heterocycles. The zero-order chi connectivity index (χ0) is 14.4. The van der Waals surface area contributed by atoms with Gasteiger partial charge in [0.1, 0.15) is 11.5 Å². The fourth-order valence-electron chi connectivity index (χ4n) is 1.15. The number of aromatic hydroxyl groups is 1. The number of phenols is 1. The van der Waals surface area contributed by atoms with Gasteiger partial charge in [0.25, 0.3) is 0 Å². The van der Waals surface area contributed by atoms with E-state index in [4.69, 9.17) is 9.84 Å². The van der Waals surface area contributed by atoms with Gasteiger partial charge < -0.3 is 15.2 Å². The topological polar surface area (TPSA) is 75.6 Å². The van der Waals surface area contributed by atoms with Gasteiger partial charge in [0.05, 0.1) is 12.1 Å². The van der Waals surface area contributed by atoms with E-state index >= 15 is 0 Å². The van der Waals surface area contributed by atoms with E-state index in [1.165, 1.54) is 24.3 Å². The Hall–Kier alpha value is -2.56. The number of rotatable bonds is 5. The lowest BCUT2D eigenvalue weighted by Crippen LogP contribution is -2.27. The molecule has 0 unspecified atom stereocenters. The molecule has 0 aliphatic heterocycles. The maximum absolute atomic E-state index is 11.6. The van der Waals surface area contributed by atoms with Crippen LogP contribution in [-0.2, 0) is 9.53 Å². The molecule has 0 spiro atoms. The number of carbonyl (C=O) groups excluding carboxylic acids is 2. The fraction of sp³-hybridized carbons (Fsp3) is 0.143. The third-order valence-corrected chi connectivity index (χ3v) is 2.17. The quantitative estimate of drug-likeness (QED) is 0.481. The zero-order valence-electron chi connectivity index (χ0n) is 10.6. The van der Waals surface area contributed by atoms with Gasteiger partial charge in [-0.3, -0.25) is 4.79 Å². The van der Waals surface area contributed by atoms with Gasteiger partial charge in [-0.05, 0) is 31.2 Å². The molecular formula is C14H15NO4. The summed E-state index contributed by atoms with van der Waals surface area (Å²) in [5, 5.41) is 11.6. The fourth-order valence-corrected chi connectivity index (χ4v) is 1.15. The van der Waals surface area contributed by atoms with Crippen LogP contribution in [0.3, 0.4) is 0 Å². The summed E-state index contributed by atoms with van der Waals surface area (Å²) in [5.74, 6) is -0.756. The lowest BCUT2D eigenvalue weighted by atomic mass is 10.2. The molecule has 0 bridgehead atoms. The van der Waals surface area contributed by atoms with Crippen molar-refractivity contribution in [2.45, 2.75) is 6.92 Å². The number of nitrogens with one attached hydrogen (secondary N) is 1. The van der Waals surface area contributed by atoms with Gasteiger partial charge in [-0.25, -0.2) is 4.79 Å². The Labute approximate surface area is 111 Å². The number of hydrogen-bond donors (Lipinski definition) is 2. The van der Waals surface area contributed by atoms with E-state index in [-0.39, 0.29) is 29.5 Å². The molecule has 1 amide bonds. The lowest BCUT2D eigenvalue weighted by Gasteiger charge is -2.08. The van der Waals surface area contributed by atoms with Crippen LogP contribution in [0.2, 0.25) is 0 Å². The number of hydrogen-bond acceptors (Lipinski definition) is 4. The minimum Gasteiger partial charge on any atom is -0.508 e. The average Bonchev–Trinajstić information content (AvgIpc) is 2.36. The highest BCUT2D eigenvalue weighted by Crippen LogP contribution is 2.11. The van der Waals surface area contributed by atoms with E-state index < -0.39 is 5.97 Å². The second-order valence-corrected chi connectivity index (χ2v) is 3.94. The minimum absolute atomic E-state index is 0.0233. The molecule has 0 heterocycles. The third kappa shape index (κ3) is 4.67. The highest BCUT2D eigenvalue weighted by Gasteiger charge is 2.10. The highest BCUT2D eigenvalue weighted by atomic mass is 16.5. The monoisotopic (exact) mass is 261 g/mol. The number of carbonyl (C=O) groups is 2. The summed E-state index contributed by atoms with van der Waals surface area (Å²) < 4.78 is 4.95. The maximum atomic E-state index is 11.6. The summed E-state index contributed by atoms with van der Waals surface area (Å²) in [6.45, 7) is 8.60. The molecule has 0 aliphatic rings. The van der Waals surface area contributed by atoms with Gasteiger partial charge in [-0.2, -0.15) is 0 Å². The molecule has 0 saturated heterocycles. The van der Waals surface area contributed by atoms with Crippen LogP contribution in [0.5, 0.6) is 5.75 Å². The van der Waals surface area contributed by atoms with Crippen LogP contribution in [0.15, 0.2) is 48.8 Å². The van der Waals surface area contributed by atoms with Crippen LogP contribution >= 0.6 is 0 Å². The van der Waals surface area contributed by atoms with Crippen molar-refractivity contribution in [1.82, 2.24) is 5.32 Å². The Morgan fingerprint density at radius 2 is 1.84 bits per heavy atom. The van der Waals surface area contributed by atoms with Crippen molar-refractivity contribution in [3.05, 3.63) is 54.3 Å².